The largest absolute Gasteiger partial charge is 0.327 e. The molecule has 7 heteroatoms. The molecule has 1 aliphatic carbocycles. The van der Waals surface area contributed by atoms with Gasteiger partial charge in [0.2, 0.25) is 5.91 Å². The van der Waals surface area contributed by atoms with E-state index in [4.69, 9.17) is 0 Å². The van der Waals surface area contributed by atoms with Gasteiger partial charge in [0.15, 0.2) is 0 Å². The summed E-state index contributed by atoms with van der Waals surface area (Å²) in [6, 6.07) is 7.00. The van der Waals surface area contributed by atoms with Gasteiger partial charge in [-0.2, -0.15) is 0 Å². The van der Waals surface area contributed by atoms with Crippen LogP contribution in [0.25, 0.3) is 0 Å². The third-order valence-electron chi connectivity index (χ3n) is 4.89. The van der Waals surface area contributed by atoms with Crippen molar-refractivity contribution in [1.29, 1.82) is 0 Å². The van der Waals surface area contributed by atoms with Crippen molar-refractivity contribution in [3.8, 4) is 0 Å². The molecule has 0 bridgehead atoms. The molecule has 0 radical (unpaired) electrons. The number of anilines is 1. The highest BCUT2D eigenvalue weighted by atomic mass is 127. The van der Waals surface area contributed by atoms with Gasteiger partial charge in [-0.15, -0.1) is 0 Å². The first-order valence-corrected chi connectivity index (χ1v) is 9.17. The summed E-state index contributed by atoms with van der Waals surface area (Å²) in [4.78, 5) is 40.2. The van der Waals surface area contributed by atoms with Gasteiger partial charge in [0.1, 0.15) is 12.1 Å². The molecule has 1 saturated carbocycles. The summed E-state index contributed by atoms with van der Waals surface area (Å²) in [5, 5.41) is 2.75. The molecule has 0 unspecified atom stereocenters. The van der Waals surface area contributed by atoms with Gasteiger partial charge >= 0.3 is 6.03 Å². The molecule has 0 aromatic heterocycles. The fourth-order valence-electron chi connectivity index (χ4n) is 3.58. The second kappa shape index (κ2) is 6.70. The first kappa shape index (κ1) is 17.2. The molecule has 2 fully saturated rings. The van der Waals surface area contributed by atoms with Crippen LogP contribution in [0, 0.1) is 3.57 Å². The van der Waals surface area contributed by atoms with Crippen LogP contribution in [-0.4, -0.2) is 46.8 Å². The van der Waals surface area contributed by atoms with Crippen molar-refractivity contribution in [3.63, 3.8) is 0 Å². The number of halogens is 1. The lowest BCUT2D eigenvalue weighted by Gasteiger charge is -2.35. The zero-order valence-corrected chi connectivity index (χ0v) is 15.7. The Labute approximate surface area is 154 Å². The Bertz CT molecular complexity index is 685. The lowest BCUT2D eigenvalue weighted by molar-refractivity contribution is -0.136. The van der Waals surface area contributed by atoms with Crippen molar-refractivity contribution in [2.75, 3.05) is 18.9 Å². The number of carbonyl (C=O) groups is 3. The number of hydrogen-bond acceptors (Lipinski definition) is 3. The minimum atomic E-state index is -0.738. The number of nitrogens with one attached hydrogen (secondary N) is 1. The molecule has 4 amide bonds. The zero-order chi connectivity index (χ0) is 17.3. The van der Waals surface area contributed by atoms with Crippen molar-refractivity contribution in [2.45, 2.75) is 37.6 Å². The lowest BCUT2D eigenvalue weighted by Crippen LogP contribution is -2.49. The van der Waals surface area contributed by atoms with Crippen molar-refractivity contribution in [3.05, 3.63) is 27.8 Å². The maximum atomic E-state index is 12.8. The number of carbonyl (C=O) groups excluding carboxylic acids is 3. The summed E-state index contributed by atoms with van der Waals surface area (Å²) >= 11 is 2.16. The molecular formula is C17H20IN3O3. The molecule has 1 aromatic rings. The number of rotatable bonds is 3. The van der Waals surface area contributed by atoms with Gasteiger partial charge < -0.3 is 10.2 Å². The van der Waals surface area contributed by atoms with Crippen LogP contribution in [0.2, 0.25) is 0 Å². The van der Waals surface area contributed by atoms with Gasteiger partial charge in [0.05, 0.1) is 0 Å². The molecule has 3 rings (SSSR count). The molecule has 1 heterocycles. The van der Waals surface area contributed by atoms with E-state index in [1.54, 1.807) is 13.1 Å². The van der Waals surface area contributed by atoms with Crippen molar-refractivity contribution < 1.29 is 14.4 Å². The molecule has 1 aromatic carbocycles. The van der Waals surface area contributed by atoms with Crippen LogP contribution < -0.4 is 5.32 Å². The minimum absolute atomic E-state index is 0.229. The van der Waals surface area contributed by atoms with Crippen molar-refractivity contribution in [1.82, 2.24) is 9.80 Å². The minimum Gasteiger partial charge on any atom is -0.324 e. The van der Waals surface area contributed by atoms with Crippen LogP contribution in [0.1, 0.15) is 32.1 Å². The fourth-order valence-corrected chi connectivity index (χ4v) is 4.12. The normalized spacial score (nSPS) is 19.9. The monoisotopic (exact) mass is 441 g/mol. The van der Waals surface area contributed by atoms with E-state index in [0.717, 1.165) is 27.7 Å². The van der Waals surface area contributed by atoms with Crippen LogP contribution in [-0.2, 0) is 9.59 Å². The van der Waals surface area contributed by atoms with Gasteiger partial charge in [-0.1, -0.05) is 25.3 Å². The summed E-state index contributed by atoms with van der Waals surface area (Å²) in [6.45, 7) is -0.241. The van der Waals surface area contributed by atoms with Crippen LogP contribution >= 0.6 is 22.6 Å². The molecule has 2 aliphatic rings. The van der Waals surface area contributed by atoms with E-state index in [9.17, 15) is 14.4 Å². The van der Waals surface area contributed by atoms with E-state index in [-0.39, 0.29) is 24.4 Å². The predicted octanol–water partition coefficient (Wildman–Crippen LogP) is 2.83. The number of amides is 4. The summed E-state index contributed by atoms with van der Waals surface area (Å²) in [7, 11) is 1.67. The number of benzene rings is 1. The predicted molar refractivity (Wildman–Crippen MR) is 98.5 cm³/mol. The van der Waals surface area contributed by atoms with E-state index < -0.39 is 5.54 Å². The van der Waals surface area contributed by atoms with E-state index in [1.807, 2.05) is 18.2 Å². The molecule has 24 heavy (non-hydrogen) atoms. The molecule has 128 valence electrons. The van der Waals surface area contributed by atoms with E-state index in [0.29, 0.717) is 18.5 Å². The van der Waals surface area contributed by atoms with Crippen LogP contribution in [0.5, 0.6) is 0 Å². The topological polar surface area (TPSA) is 69.7 Å². The van der Waals surface area contributed by atoms with Gasteiger partial charge in [-0.05, 0) is 53.6 Å². The maximum absolute atomic E-state index is 12.8. The summed E-state index contributed by atoms with van der Waals surface area (Å²) in [5.74, 6) is -0.590. The third-order valence-corrected chi connectivity index (χ3v) is 5.56. The molecule has 1 N–H and O–H groups in total. The second-order valence-electron chi connectivity index (χ2n) is 6.38. The van der Waals surface area contributed by atoms with Gasteiger partial charge in [0.25, 0.3) is 5.91 Å². The van der Waals surface area contributed by atoms with Crippen LogP contribution in [0.4, 0.5) is 10.5 Å². The van der Waals surface area contributed by atoms with Gasteiger partial charge in [0, 0.05) is 16.3 Å². The van der Waals surface area contributed by atoms with E-state index in [2.05, 4.69) is 27.9 Å². The molecule has 0 atom stereocenters. The number of urea groups is 1. The lowest BCUT2D eigenvalue weighted by atomic mass is 9.81. The fraction of sp³-hybridized carbons (Fsp3) is 0.471. The number of hydrogen-bond donors (Lipinski definition) is 1. The molecule has 1 saturated heterocycles. The quantitative estimate of drug-likeness (QED) is 0.580. The van der Waals surface area contributed by atoms with E-state index >= 15 is 0 Å². The summed E-state index contributed by atoms with van der Waals surface area (Å²) in [6.07, 6.45) is 4.33. The first-order chi connectivity index (χ1) is 11.4. The van der Waals surface area contributed by atoms with Gasteiger partial charge in [-0.3, -0.25) is 14.5 Å². The van der Waals surface area contributed by atoms with Crippen molar-refractivity contribution in [2.24, 2.45) is 0 Å². The molecule has 1 spiro atoms. The Hall–Kier alpha value is -1.64. The van der Waals surface area contributed by atoms with Crippen LogP contribution in [0.3, 0.4) is 0 Å². The molecule has 6 nitrogen and oxygen atoms in total. The highest BCUT2D eigenvalue weighted by molar-refractivity contribution is 14.1. The molecule has 1 aliphatic heterocycles. The standard InChI is InChI=1S/C17H20IN3O3/c1-20-16(24)21(15(23)17(20)8-3-2-4-9-17)11-14(22)19-13-7-5-6-12(18)10-13/h5-7,10H,2-4,8-9,11H2,1H3,(H,19,22). The molecular weight excluding hydrogens is 421 g/mol. The average Bonchev–Trinajstić information content (AvgIpc) is 2.72. The summed E-state index contributed by atoms with van der Waals surface area (Å²) < 4.78 is 1.000. The highest BCUT2D eigenvalue weighted by Gasteiger charge is 2.55. The van der Waals surface area contributed by atoms with E-state index in [1.165, 1.54) is 4.90 Å². The Morgan fingerprint density at radius 3 is 2.62 bits per heavy atom. The Morgan fingerprint density at radius 2 is 1.96 bits per heavy atom. The average molecular weight is 441 g/mol. The number of imide groups is 1. The van der Waals surface area contributed by atoms with Crippen molar-refractivity contribution >= 4 is 46.1 Å². The Kier molecular flexibility index (Phi) is 4.80. The smallest absolute Gasteiger partial charge is 0.324 e. The van der Waals surface area contributed by atoms with Crippen LogP contribution in [0.15, 0.2) is 24.3 Å². The van der Waals surface area contributed by atoms with Gasteiger partial charge in [-0.25, -0.2) is 4.79 Å². The zero-order valence-electron chi connectivity index (χ0n) is 13.5. The number of nitrogens with zero attached hydrogens (tertiary/aromatic N) is 2. The Morgan fingerprint density at radius 1 is 1.25 bits per heavy atom. The first-order valence-electron chi connectivity index (χ1n) is 8.09. The summed E-state index contributed by atoms with van der Waals surface area (Å²) in [5.41, 5.74) is -0.0793. The second-order valence-corrected chi connectivity index (χ2v) is 7.63. The third kappa shape index (κ3) is 3.01. The Balaban J connectivity index is 1.71. The highest BCUT2D eigenvalue weighted by Crippen LogP contribution is 2.39. The number of likely N-dealkylation sites (N-methyl/N-ethyl adjacent to an activating group) is 1. The maximum Gasteiger partial charge on any atom is 0.327 e. The SMILES string of the molecule is CN1C(=O)N(CC(=O)Nc2cccc(I)c2)C(=O)C12CCCCC2.